The molecule has 0 spiro atoms. The Morgan fingerprint density at radius 2 is 2.27 bits per heavy atom. The predicted molar refractivity (Wildman–Crippen MR) is 61.1 cm³/mol. The third-order valence-corrected chi connectivity index (χ3v) is 2.56. The number of halogens is 1. The molecule has 2 aromatic rings. The molecule has 0 saturated heterocycles. The van der Waals surface area contributed by atoms with E-state index >= 15 is 0 Å². The molecule has 0 bridgehead atoms. The number of benzene rings is 1. The molecule has 0 radical (unpaired) electrons. The van der Waals surface area contributed by atoms with E-state index in [1.54, 1.807) is 6.07 Å². The Hall–Kier alpha value is -1.06. The molecule has 1 atom stereocenters. The number of aryl methyl sites for hydroxylation is 1. The second kappa shape index (κ2) is 3.83. The van der Waals surface area contributed by atoms with Gasteiger partial charge in [0, 0.05) is 24.1 Å². The highest BCUT2D eigenvalue weighted by atomic mass is 35.5. The van der Waals surface area contributed by atoms with Crippen LogP contribution in [-0.4, -0.2) is 11.0 Å². The first kappa shape index (κ1) is 10.5. The highest BCUT2D eigenvalue weighted by molar-refractivity contribution is 6.32. The van der Waals surface area contributed by atoms with Gasteiger partial charge in [-0.1, -0.05) is 11.6 Å². The minimum absolute atomic E-state index is 0.0907. The molecule has 3 nitrogen and oxygen atoms in total. The van der Waals surface area contributed by atoms with Gasteiger partial charge in [-0.2, -0.15) is 0 Å². The van der Waals surface area contributed by atoms with Crippen molar-refractivity contribution in [2.24, 2.45) is 5.73 Å². The molecule has 0 aliphatic carbocycles. The van der Waals surface area contributed by atoms with Crippen molar-refractivity contribution >= 4 is 22.7 Å². The zero-order chi connectivity index (χ0) is 11.0. The molecular formula is C11H13ClN2O. The molecule has 0 aliphatic heterocycles. The lowest BCUT2D eigenvalue weighted by atomic mass is 10.1. The summed E-state index contributed by atoms with van der Waals surface area (Å²) in [6.07, 6.45) is 0.751. The third kappa shape index (κ3) is 2.13. The fraction of sp³-hybridized carbons (Fsp3) is 0.364. The summed E-state index contributed by atoms with van der Waals surface area (Å²) in [7, 11) is 0. The maximum Gasteiger partial charge on any atom is 0.192 e. The molecule has 0 fully saturated rings. The molecule has 80 valence electrons. The van der Waals surface area contributed by atoms with Gasteiger partial charge in [0.1, 0.15) is 5.52 Å². The van der Waals surface area contributed by atoms with E-state index < -0.39 is 0 Å². The Morgan fingerprint density at radius 1 is 1.53 bits per heavy atom. The Bertz CT molecular complexity index is 491. The number of rotatable bonds is 2. The van der Waals surface area contributed by atoms with Gasteiger partial charge < -0.3 is 10.2 Å². The Labute approximate surface area is 93.2 Å². The number of hydrogen-bond donors (Lipinski definition) is 1. The van der Waals surface area contributed by atoms with Crippen LogP contribution < -0.4 is 5.73 Å². The molecular weight excluding hydrogens is 212 g/mol. The van der Waals surface area contributed by atoms with Gasteiger partial charge in [-0.25, -0.2) is 4.98 Å². The zero-order valence-corrected chi connectivity index (χ0v) is 9.51. The second-order valence-electron chi connectivity index (χ2n) is 3.83. The lowest BCUT2D eigenvalue weighted by molar-refractivity contribution is 0.561. The van der Waals surface area contributed by atoms with Gasteiger partial charge in [0.25, 0.3) is 0 Å². The molecule has 2 N–H and O–H groups in total. The Kier molecular flexibility index (Phi) is 2.67. The van der Waals surface area contributed by atoms with Crippen LogP contribution in [0.25, 0.3) is 11.1 Å². The molecule has 1 unspecified atom stereocenters. The number of nitrogens with zero attached hydrogens (tertiary/aromatic N) is 1. The quantitative estimate of drug-likeness (QED) is 0.853. The number of nitrogens with two attached hydrogens (primary N) is 1. The number of hydrogen-bond acceptors (Lipinski definition) is 3. The monoisotopic (exact) mass is 224 g/mol. The van der Waals surface area contributed by atoms with Crippen molar-refractivity contribution in [1.82, 2.24) is 4.98 Å². The third-order valence-electron chi connectivity index (χ3n) is 2.21. The Balaban J connectivity index is 2.51. The summed E-state index contributed by atoms with van der Waals surface area (Å²) in [4.78, 5) is 4.26. The summed E-state index contributed by atoms with van der Waals surface area (Å²) >= 11 is 6.11. The van der Waals surface area contributed by atoms with E-state index in [-0.39, 0.29) is 6.04 Å². The van der Waals surface area contributed by atoms with Crippen LogP contribution in [0.4, 0.5) is 0 Å². The highest BCUT2D eigenvalue weighted by Gasteiger charge is 2.09. The molecule has 15 heavy (non-hydrogen) atoms. The van der Waals surface area contributed by atoms with E-state index in [0.717, 1.165) is 23.1 Å². The van der Waals surface area contributed by atoms with Crippen LogP contribution in [0.2, 0.25) is 5.02 Å². The lowest BCUT2D eigenvalue weighted by Crippen LogP contribution is -2.17. The van der Waals surface area contributed by atoms with E-state index in [4.69, 9.17) is 21.8 Å². The first-order chi connectivity index (χ1) is 7.06. The molecule has 2 rings (SSSR count). The molecule has 1 heterocycles. The van der Waals surface area contributed by atoms with Crippen LogP contribution in [-0.2, 0) is 6.42 Å². The topological polar surface area (TPSA) is 52.0 Å². The van der Waals surface area contributed by atoms with Crippen molar-refractivity contribution in [2.45, 2.75) is 26.3 Å². The van der Waals surface area contributed by atoms with Crippen LogP contribution in [0.15, 0.2) is 16.5 Å². The summed E-state index contributed by atoms with van der Waals surface area (Å²) in [6, 6.07) is 3.83. The van der Waals surface area contributed by atoms with Crippen molar-refractivity contribution in [3.8, 4) is 0 Å². The summed E-state index contributed by atoms with van der Waals surface area (Å²) in [5.41, 5.74) is 8.33. The lowest BCUT2D eigenvalue weighted by Gasteiger charge is -2.06. The minimum atomic E-state index is 0.0907. The van der Waals surface area contributed by atoms with Crippen molar-refractivity contribution in [3.63, 3.8) is 0 Å². The van der Waals surface area contributed by atoms with Gasteiger partial charge in [-0.15, -0.1) is 0 Å². The van der Waals surface area contributed by atoms with Gasteiger partial charge in [0.2, 0.25) is 0 Å². The van der Waals surface area contributed by atoms with Crippen molar-refractivity contribution in [1.29, 1.82) is 0 Å². The van der Waals surface area contributed by atoms with Gasteiger partial charge in [0.15, 0.2) is 11.5 Å². The first-order valence-corrected chi connectivity index (χ1v) is 5.25. The van der Waals surface area contributed by atoms with Gasteiger partial charge >= 0.3 is 0 Å². The van der Waals surface area contributed by atoms with Crippen LogP contribution in [0, 0.1) is 6.92 Å². The fourth-order valence-electron chi connectivity index (χ4n) is 1.61. The summed E-state index contributed by atoms with van der Waals surface area (Å²) in [6.45, 7) is 3.77. The maximum atomic E-state index is 6.11. The predicted octanol–water partition coefficient (Wildman–Crippen LogP) is 2.68. The smallest absolute Gasteiger partial charge is 0.192 e. The van der Waals surface area contributed by atoms with Crippen molar-refractivity contribution < 1.29 is 4.42 Å². The largest absolute Gasteiger partial charge is 0.441 e. The van der Waals surface area contributed by atoms with Crippen LogP contribution >= 0.6 is 11.6 Å². The zero-order valence-electron chi connectivity index (χ0n) is 8.75. The van der Waals surface area contributed by atoms with Gasteiger partial charge in [0.05, 0.1) is 0 Å². The standard InChI is InChI=1S/C11H13ClN2O/c1-6(13)3-8-4-10-11(5-9(8)12)15-7(2)14-10/h4-6H,3,13H2,1-2H3. The molecule has 1 aromatic heterocycles. The fourth-order valence-corrected chi connectivity index (χ4v) is 1.84. The van der Waals surface area contributed by atoms with Gasteiger partial charge in [-0.3, -0.25) is 0 Å². The highest BCUT2D eigenvalue weighted by Crippen LogP contribution is 2.25. The van der Waals surface area contributed by atoms with E-state index in [1.807, 2.05) is 19.9 Å². The number of oxazole rings is 1. The van der Waals surface area contributed by atoms with Gasteiger partial charge in [-0.05, 0) is 25.0 Å². The molecule has 0 amide bonds. The molecule has 1 aromatic carbocycles. The van der Waals surface area contributed by atoms with Crippen LogP contribution in [0.1, 0.15) is 18.4 Å². The average Bonchev–Trinajstić information content (AvgIpc) is 2.44. The molecule has 4 heteroatoms. The van der Waals surface area contributed by atoms with E-state index in [0.29, 0.717) is 10.9 Å². The first-order valence-electron chi connectivity index (χ1n) is 4.87. The summed E-state index contributed by atoms with van der Waals surface area (Å²) < 4.78 is 5.38. The number of aromatic nitrogens is 1. The minimum Gasteiger partial charge on any atom is -0.441 e. The van der Waals surface area contributed by atoms with Crippen molar-refractivity contribution in [2.75, 3.05) is 0 Å². The van der Waals surface area contributed by atoms with E-state index in [1.165, 1.54) is 0 Å². The van der Waals surface area contributed by atoms with Crippen LogP contribution in [0.3, 0.4) is 0 Å². The normalized spacial score (nSPS) is 13.3. The number of fused-ring (bicyclic) bond motifs is 1. The summed E-state index contributed by atoms with van der Waals surface area (Å²) in [5.74, 6) is 0.652. The van der Waals surface area contributed by atoms with Crippen LogP contribution in [0.5, 0.6) is 0 Å². The SMILES string of the molecule is Cc1nc2cc(CC(C)N)c(Cl)cc2o1. The maximum absolute atomic E-state index is 6.11. The summed E-state index contributed by atoms with van der Waals surface area (Å²) in [5, 5.41) is 0.691. The molecule has 0 saturated carbocycles. The van der Waals surface area contributed by atoms with Crippen molar-refractivity contribution in [3.05, 3.63) is 28.6 Å². The Morgan fingerprint density at radius 3 is 2.93 bits per heavy atom. The average molecular weight is 225 g/mol. The molecule has 0 aliphatic rings. The second-order valence-corrected chi connectivity index (χ2v) is 4.23. The van der Waals surface area contributed by atoms with E-state index in [9.17, 15) is 0 Å². The van der Waals surface area contributed by atoms with E-state index in [2.05, 4.69) is 4.98 Å².